The van der Waals surface area contributed by atoms with Crippen LogP contribution in [0.2, 0.25) is 15.1 Å². The van der Waals surface area contributed by atoms with Gasteiger partial charge in [-0.05, 0) is 31.5 Å². The highest BCUT2D eigenvalue weighted by atomic mass is 35.5. The molecule has 1 amide bonds. The highest BCUT2D eigenvalue weighted by molar-refractivity contribution is 6.49. The van der Waals surface area contributed by atoms with Crippen LogP contribution in [0, 0.1) is 0 Å². The predicted molar refractivity (Wildman–Crippen MR) is 88.7 cm³/mol. The smallest absolute Gasteiger partial charge is 0.255 e. The van der Waals surface area contributed by atoms with E-state index in [1.165, 1.54) is 0 Å². The van der Waals surface area contributed by atoms with E-state index >= 15 is 0 Å². The van der Waals surface area contributed by atoms with Gasteiger partial charge in [-0.25, -0.2) is 0 Å². The molecule has 21 heavy (non-hydrogen) atoms. The topological polar surface area (TPSA) is 32.3 Å². The van der Waals surface area contributed by atoms with Crippen LogP contribution in [0.25, 0.3) is 0 Å². The number of carbonyl (C=O) groups excluding carboxylic acids is 1. The second-order valence-electron chi connectivity index (χ2n) is 5.22. The van der Waals surface area contributed by atoms with Gasteiger partial charge in [-0.1, -0.05) is 48.1 Å². The van der Waals surface area contributed by atoms with Gasteiger partial charge in [0.2, 0.25) is 0 Å². The van der Waals surface area contributed by atoms with Crippen LogP contribution in [0.3, 0.4) is 0 Å². The maximum absolute atomic E-state index is 12.8. The summed E-state index contributed by atoms with van der Waals surface area (Å²) in [6, 6.07) is 3.49. The van der Waals surface area contributed by atoms with Gasteiger partial charge in [0.25, 0.3) is 5.91 Å². The summed E-state index contributed by atoms with van der Waals surface area (Å²) in [7, 11) is 0. The van der Waals surface area contributed by atoms with E-state index in [4.69, 9.17) is 34.8 Å². The van der Waals surface area contributed by atoms with Crippen molar-refractivity contribution in [1.29, 1.82) is 0 Å². The molecule has 0 bridgehead atoms. The number of benzene rings is 1. The summed E-state index contributed by atoms with van der Waals surface area (Å²) in [4.78, 5) is 14.7. The molecule has 6 heteroatoms. The maximum atomic E-state index is 12.8. The third kappa shape index (κ3) is 3.84. The quantitative estimate of drug-likeness (QED) is 0.806. The summed E-state index contributed by atoms with van der Waals surface area (Å²) >= 11 is 18.2. The molecule has 1 aliphatic heterocycles. The fourth-order valence-electron chi connectivity index (χ4n) is 2.53. The zero-order valence-electron chi connectivity index (χ0n) is 12.0. The zero-order valence-corrected chi connectivity index (χ0v) is 14.2. The van der Waals surface area contributed by atoms with Crippen molar-refractivity contribution in [3.8, 4) is 0 Å². The summed E-state index contributed by atoms with van der Waals surface area (Å²) in [5, 5.41) is 4.14. The molecular weight excluding hydrogens is 331 g/mol. The number of unbranched alkanes of at least 4 members (excludes halogenated alkanes) is 1. The number of nitrogens with one attached hydrogen (secondary N) is 1. The van der Waals surface area contributed by atoms with E-state index in [0.29, 0.717) is 10.6 Å². The Balaban J connectivity index is 2.26. The molecule has 1 aromatic carbocycles. The largest absolute Gasteiger partial charge is 0.334 e. The van der Waals surface area contributed by atoms with Gasteiger partial charge in [0.1, 0.15) is 0 Å². The summed E-state index contributed by atoms with van der Waals surface area (Å²) in [5.74, 6) is -0.0688. The predicted octanol–water partition coefficient (Wildman–Crippen LogP) is 4.25. The van der Waals surface area contributed by atoms with Gasteiger partial charge in [0, 0.05) is 19.1 Å². The van der Waals surface area contributed by atoms with Crippen LogP contribution in [0.4, 0.5) is 0 Å². The van der Waals surface area contributed by atoms with Crippen molar-refractivity contribution < 1.29 is 4.79 Å². The van der Waals surface area contributed by atoms with Crippen LogP contribution in [0.15, 0.2) is 12.1 Å². The molecule has 0 aromatic heterocycles. The van der Waals surface area contributed by atoms with Crippen molar-refractivity contribution in [2.24, 2.45) is 0 Å². The van der Waals surface area contributed by atoms with Crippen molar-refractivity contribution in [2.75, 3.05) is 19.6 Å². The Bertz CT molecular complexity index is 516. The summed E-state index contributed by atoms with van der Waals surface area (Å²) < 4.78 is 0. The Kier molecular flexibility index (Phi) is 6.18. The molecule has 2 rings (SSSR count). The van der Waals surface area contributed by atoms with Crippen LogP contribution in [0.5, 0.6) is 0 Å². The third-order valence-electron chi connectivity index (χ3n) is 3.75. The lowest BCUT2D eigenvalue weighted by Gasteiger charge is -2.29. The lowest BCUT2D eigenvalue weighted by molar-refractivity contribution is 0.0689. The standard InChI is InChI=1S/C15H19Cl3N2O/c1-2-3-8-20(10-6-7-19-9-10)15(21)11-4-5-12(16)14(18)13(11)17/h4-5,10,19H,2-3,6-9H2,1H3. The van der Waals surface area contributed by atoms with E-state index < -0.39 is 0 Å². The average molecular weight is 350 g/mol. The van der Waals surface area contributed by atoms with Crippen molar-refractivity contribution in [3.05, 3.63) is 32.8 Å². The molecule has 1 aliphatic rings. The molecule has 1 fully saturated rings. The first kappa shape index (κ1) is 16.9. The number of carbonyl (C=O) groups is 1. The fraction of sp³-hybridized carbons (Fsp3) is 0.533. The first-order chi connectivity index (χ1) is 10.1. The summed E-state index contributed by atoms with van der Waals surface area (Å²) in [6.45, 7) is 4.62. The van der Waals surface area contributed by atoms with Crippen molar-refractivity contribution in [3.63, 3.8) is 0 Å². The molecule has 1 unspecified atom stereocenters. The Morgan fingerprint density at radius 3 is 2.71 bits per heavy atom. The Morgan fingerprint density at radius 1 is 1.33 bits per heavy atom. The van der Waals surface area contributed by atoms with E-state index in [-0.39, 0.29) is 22.0 Å². The molecule has 3 nitrogen and oxygen atoms in total. The van der Waals surface area contributed by atoms with Crippen molar-refractivity contribution in [2.45, 2.75) is 32.2 Å². The average Bonchev–Trinajstić information content (AvgIpc) is 2.99. The van der Waals surface area contributed by atoms with E-state index in [2.05, 4.69) is 12.2 Å². The summed E-state index contributed by atoms with van der Waals surface area (Å²) in [6.07, 6.45) is 2.98. The van der Waals surface area contributed by atoms with Gasteiger partial charge in [0.15, 0.2) is 0 Å². The number of amides is 1. The maximum Gasteiger partial charge on any atom is 0.255 e. The first-order valence-electron chi connectivity index (χ1n) is 7.21. The second-order valence-corrected chi connectivity index (χ2v) is 6.38. The molecule has 1 N–H and O–H groups in total. The minimum absolute atomic E-state index is 0.0688. The van der Waals surface area contributed by atoms with Crippen LogP contribution in [-0.2, 0) is 0 Å². The van der Waals surface area contributed by atoms with E-state index in [9.17, 15) is 4.79 Å². The van der Waals surface area contributed by atoms with E-state index in [0.717, 1.165) is 38.9 Å². The zero-order chi connectivity index (χ0) is 15.4. The Labute approximate surface area is 140 Å². The molecule has 0 saturated carbocycles. The SMILES string of the molecule is CCCCN(C(=O)c1ccc(Cl)c(Cl)c1Cl)C1CCNC1. The molecule has 116 valence electrons. The van der Waals surface area contributed by atoms with Gasteiger partial charge in [-0.3, -0.25) is 4.79 Å². The normalized spacial score (nSPS) is 18.0. The minimum atomic E-state index is -0.0688. The number of hydrogen-bond donors (Lipinski definition) is 1. The number of nitrogens with zero attached hydrogens (tertiary/aromatic N) is 1. The second kappa shape index (κ2) is 7.68. The lowest BCUT2D eigenvalue weighted by Crippen LogP contribution is -2.42. The van der Waals surface area contributed by atoms with Gasteiger partial charge in [0.05, 0.1) is 20.6 Å². The molecule has 0 spiro atoms. The first-order valence-corrected chi connectivity index (χ1v) is 8.34. The number of halogens is 3. The fourth-order valence-corrected chi connectivity index (χ4v) is 3.15. The molecule has 1 atom stereocenters. The third-order valence-corrected chi connectivity index (χ3v) is 5.05. The number of hydrogen-bond acceptors (Lipinski definition) is 2. The Hall–Kier alpha value is -0.480. The van der Waals surface area contributed by atoms with E-state index in [1.807, 2.05) is 4.90 Å². The van der Waals surface area contributed by atoms with Crippen LogP contribution >= 0.6 is 34.8 Å². The molecule has 1 heterocycles. The van der Waals surface area contributed by atoms with Gasteiger partial charge < -0.3 is 10.2 Å². The van der Waals surface area contributed by atoms with Gasteiger partial charge in [-0.2, -0.15) is 0 Å². The minimum Gasteiger partial charge on any atom is -0.334 e. The van der Waals surface area contributed by atoms with Crippen LogP contribution in [-0.4, -0.2) is 36.5 Å². The monoisotopic (exact) mass is 348 g/mol. The number of rotatable bonds is 5. The van der Waals surface area contributed by atoms with Crippen LogP contribution < -0.4 is 5.32 Å². The molecule has 0 aliphatic carbocycles. The van der Waals surface area contributed by atoms with Gasteiger partial charge in [-0.15, -0.1) is 0 Å². The van der Waals surface area contributed by atoms with Crippen molar-refractivity contribution in [1.82, 2.24) is 10.2 Å². The van der Waals surface area contributed by atoms with Crippen molar-refractivity contribution >= 4 is 40.7 Å². The molecule has 1 saturated heterocycles. The van der Waals surface area contributed by atoms with E-state index in [1.54, 1.807) is 12.1 Å². The highest BCUT2D eigenvalue weighted by Crippen LogP contribution is 2.33. The Morgan fingerprint density at radius 2 is 2.10 bits per heavy atom. The molecule has 1 aromatic rings. The molecular formula is C15H19Cl3N2O. The highest BCUT2D eigenvalue weighted by Gasteiger charge is 2.28. The summed E-state index contributed by atoms with van der Waals surface area (Å²) in [5.41, 5.74) is 0.425. The lowest BCUT2D eigenvalue weighted by atomic mass is 10.1. The van der Waals surface area contributed by atoms with Crippen LogP contribution in [0.1, 0.15) is 36.5 Å². The van der Waals surface area contributed by atoms with Gasteiger partial charge >= 0.3 is 0 Å². The molecule has 0 radical (unpaired) electrons.